The van der Waals surface area contributed by atoms with Gasteiger partial charge in [0.25, 0.3) is 0 Å². The quantitative estimate of drug-likeness (QED) is 0.567. The monoisotopic (exact) mass is 352 g/mol. The fraction of sp³-hybridized carbons (Fsp3) is 0.455. The van der Waals surface area contributed by atoms with Gasteiger partial charge in [0, 0.05) is 35.7 Å². The first-order valence-corrected chi connectivity index (χ1v) is 9.35. The minimum absolute atomic E-state index is 0.318. The van der Waals surface area contributed by atoms with Crippen molar-refractivity contribution >= 4 is 22.7 Å². The summed E-state index contributed by atoms with van der Waals surface area (Å²) in [6, 6.07) is 7.73. The van der Waals surface area contributed by atoms with Gasteiger partial charge in [-0.25, -0.2) is 0 Å². The van der Waals surface area contributed by atoms with Gasteiger partial charge in [-0.1, -0.05) is 38.1 Å². The topological polar surface area (TPSA) is 52.6 Å². The largest absolute Gasteiger partial charge is 0.426 e. The van der Waals surface area contributed by atoms with E-state index < -0.39 is 0 Å². The van der Waals surface area contributed by atoms with Crippen molar-refractivity contribution in [2.24, 2.45) is 11.8 Å². The molecule has 0 heterocycles. The van der Waals surface area contributed by atoms with Gasteiger partial charge in [0.05, 0.1) is 0 Å². The Morgan fingerprint density at radius 2 is 1.19 bits per heavy atom. The lowest BCUT2D eigenvalue weighted by Crippen LogP contribution is -2.36. The van der Waals surface area contributed by atoms with E-state index in [1.54, 1.807) is 0 Å². The van der Waals surface area contributed by atoms with E-state index in [2.05, 4.69) is 13.8 Å². The van der Waals surface area contributed by atoms with Crippen LogP contribution in [0.15, 0.2) is 24.3 Å². The molecule has 2 unspecified atom stereocenters. The summed E-state index contributed by atoms with van der Waals surface area (Å²) in [5, 5.41) is 1.68. The van der Waals surface area contributed by atoms with Crippen molar-refractivity contribution in [1.29, 1.82) is 0 Å². The molecule has 0 amide bonds. The van der Waals surface area contributed by atoms with Gasteiger partial charge in [-0.3, -0.25) is 9.59 Å². The summed E-state index contributed by atoms with van der Waals surface area (Å²) in [7, 11) is 0. The number of hydrogen-bond acceptors (Lipinski definition) is 4. The molecular formula is C22H24O4. The van der Waals surface area contributed by atoms with Crippen LogP contribution in [-0.4, -0.2) is 11.9 Å². The summed E-state index contributed by atoms with van der Waals surface area (Å²) in [5.41, 5.74) is 2.16. The zero-order chi connectivity index (χ0) is 18.6. The van der Waals surface area contributed by atoms with Gasteiger partial charge < -0.3 is 9.47 Å². The maximum atomic E-state index is 11.8. The summed E-state index contributed by atoms with van der Waals surface area (Å²) in [6.07, 6.45) is 2.16. The van der Waals surface area contributed by atoms with Crippen molar-refractivity contribution < 1.29 is 19.1 Å². The van der Waals surface area contributed by atoms with Crippen LogP contribution in [0.5, 0.6) is 11.5 Å². The molecule has 0 spiro atoms. The molecule has 0 N–H and O–H groups in total. The minimum Gasteiger partial charge on any atom is -0.426 e. The van der Waals surface area contributed by atoms with E-state index in [9.17, 15) is 9.59 Å². The number of benzene rings is 2. The van der Waals surface area contributed by atoms with E-state index in [4.69, 9.17) is 9.47 Å². The molecule has 4 atom stereocenters. The maximum absolute atomic E-state index is 11.8. The molecule has 2 bridgehead atoms. The predicted octanol–water partition coefficient (Wildman–Crippen LogP) is 4.94. The molecule has 3 aliphatic rings. The summed E-state index contributed by atoms with van der Waals surface area (Å²) < 4.78 is 11.5. The van der Waals surface area contributed by atoms with E-state index in [0.717, 1.165) is 34.7 Å². The van der Waals surface area contributed by atoms with Crippen LogP contribution < -0.4 is 9.47 Å². The lowest BCUT2D eigenvalue weighted by atomic mass is 9.56. The molecule has 136 valence electrons. The standard InChI is InChI=1S/C22H24O4/c1-11-12(2)16-10-9-15(11)19-20(16)22(26-14(4)24)18-8-6-5-7-17(18)21(19)25-13(3)23/h5-8,11-12,15-16H,9-10H2,1-4H3/t11?,12?,15-,16+. The second-order valence-electron chi connectivity index (χ2n) is 7.73. The molecule has 2 aromatic rings. The number of rotatable bonds is 2. The Labute approximate surface area is 153 Å². The number of carbonyl (C=O) groups excluding carboxylic acids is 2. The van der Waals surface area contributed by atoms with Gasteiger partial charge in [0.1, 0.15) is 11.5 Å². The number of esters is 2. The van der Waals surface area contributed by atoms with Gasteiger partial charge in [-0.15, -0.1) is 0 Å². The molecule has 4 nitrogen and oxygen atoms in total. The highest BCUT2D eigenvalue weighted by Gasteiger charge is 2.47. The molecular weight excluding hydrogens is 328 g/mol. The zero-order valence-electron chi connectivity index (χ0n) is 15.7. The molecule has 0 saturated heterocycles. The molecule has 1 fully saturated rings. The highest BCUT2D eigenvalue weighted by atomic mass is 16.5. The highest BCUT2D eigenvalue weighted by molar-refractivity contribution is 5.99. The van der Waals surface area contributed by atoms with Crippen LogP contribution >= 0.6 is 0 Å². The predicted molar refractivity (Wildman–Crippen MR) is 99.6 cm³/mol. The molecule has 5 rings (SSSR count). The van der Waals surface area contributed by atoms with Crippen LogP contribution in [0.4, 0.5) is 0 Å². The van der Waals surface area contributed by atoms with Crippen molar-refractivity contribution in [1.82, 2.24) is 0 Å². The SMILES string of the molecule is CC(=O)Oc1c2c(c(OC(C)=O)c3ccccc13)[C@@H]1CC[C@H]2C(C)C1C. The van der Waals surface area contributed by atoms with Crippen molar-refractivity contribution in [2.75, 3.05) is 0 Å². The smallest absolute Gasteiger partial charge is 0.308 e. The summed E-state index contributed by atoms with van der Waals surface area (Å²) in [6.45, 7) is 7.44. The fourth-order valence-electron chi connectivity index (χ4n) is 5.09. The second-order valence-corrected chi connectivity index (χ2v) is 7.73. The highest BCUT2D eigenvalue weighted by Crippen LogP contribution is 2.61. The molecule has 2 aromatic carbocycles. The van der Waals surface area contributed by atoms with E-state index in [0.29, 0.717) is 35.2 Å². The van der Waals surface area contributed by atoms with Crippen LogP contribution in [0, 0.1) is 11.8 Å². The number of carbonyl (C=O) groups is 2. The molecule has 0 aliphatic heterocycles. The molecule has 0 aromatic heterocycles. The van der Waals surface area contributed by atoms with Crippen LogP contribution in [0.2, 0.25) is 0 Å². The number of hydrogen-bond donors (Lipinski definition) is 0. The first-order valence-electron chi connectivity index (χ1n) is 9.35. The van der Waals surface area contributed by atoms with Crippen LogP contribution in [0.1, 0.15) is 63.5 Å². The third-order valence-electron chi connectivity index (χ3n) is 6.32. The van der Waals surface area contributed by atoms with E-state index >= 15 is 0 Å². The lowest BCUT2D eigenvalue weighted by Gasteiger charge is -2.48. The third-order valence-corrected chi connectivity index (χ3v) is 6.32. The van der Waals surface area contributed by atoms with Gasteiger partial charge >= 0.3 is 11.9 Å². The summed E-state index contributed by atoms with van der Waals surface area (Å²) >= 11 is 0. The van der Waals surface area contributed by atoms with Crippen molar-refractivity contribution in [2.45, 2.75) is 52.4 Å². The van der Waals surface area contributed by atoms with Gasteiger partial charge in [-0.2, -0.15) is 0 Å². The average molecular weight is 352 g/mol. The fourth-order valence-corrected chi connectivity index (χ4v) is 5.09. The third kappa shape index (κ3) is 2.43. The Balaban J connectivity index is 2.11. The van der Waals surface area contributed by atoms with Crippen molar-refractivity contribution in [3.63, 3.8) is 0 Å². The van der Waals surface area contributed by atoms with Crippen LogP contribution in [0.3, 0.4) is 0 Å². The molecule has 1 saturated carbocycles. The van der Waals surface area contributed by atoms with E-state index in [-0.39, 0.29) is 11.9 Å². The zero-order valence-corrected chi connectivity index (χ0v) is 15.7. The minimum atomic E-state index is -0.320. The molecule has 26 heavy (non-hydrogen) atoms. The Morgan fingerprint density at radius 1 is 0.808 bits per heavy atom. The summed E-state index contributed by atoms with van der Waals surface area (Å²) in [4.78, 5) is 23.7. The summed E-state index contributed by atoms with van der Waals surface area (Å²) in [5.74, 6) is 2.32. The van der Waals surface area contributed by atoms with E-state index in [1.165, 1.54) is 13.8 Å². The van der Waals surface area contributed by atoms with Crippen molar-refractivity contribution in [3.8, 4) is 11.5 Å². The van der Waals surface area contributed by atoms with Crippen molar-refractivity contribution in [3.05, 3.63) is 35.4 Å². The average Bonchev–Trinajstić information content (AvgIpc) is 2.60. The van der Waals surface area contributed by atoms with Crippen LogP contribution in [-0.2, 0) is 9.59 Å². The first-order chi connectivity index (χ1) is 12.4. The molecule has 4 heteroatoms. The molecule has 0 radical (unpaired) electrons. The van der Waals surface area contributed by atoms with Gasteiger partial charge in [0.2, 0.25) is 0 Å². The normalized spacial score (nSPS) is 26.5. The second kappa shape index (κ2) is 6.11. The Morgan fingerprint density at radius 3 is 1.54 bits per heavy atom. The number of ether oxygens (including phenoxy) is 2. The van der Waals surface area contributed by atoms with Gasteiger partial charge in [0.15, 0.2) is 0 Å². The van der Waals surface area contributed by atoms with Gasteiger partial charge in [-0.05, 0) is 36.5 Å². The molecule has 3 aliphatic carbocycles. The first kappa shape index (κ1) is 17.1. The Kier molecular flexibility index (Phi) is 4.02. The Hall–Kier alpha value is -2.36. The van der Waals surface area contributed by atoms with Crippen LogP contribution in [0.25, 0.3) is 10.8 Å². The Bertz CT molecular complexity index is 839. The number of fused-ring (bicyclic) bond motifs is 3. The lowest BCUT2D eigenvalue weighted by molar-refractivity contribution is -0.133. The van der Waals surface area contributed by atoms with E-state index in [1.807, 2.05) is 24.3 Å². The maximum Gasteiger partial charge on any atom is 0.308 e.